The molecule has 2 aromatic rings. The second-order valence-corrected chi connectivity index (χ2v) is 6.91. The molecule has 0 saturated heterocycles. The van der Waals surface area contributed by atoms with E-state index in [1.807, 2.05) is 23.1 Å². The Kier molecular flexibility index (Phi) is 5.08. The molecule has 2 rings (SSSR count). The zero-order valence-corrected chi connectivity index (χ0v) is 13.6. The van der Waals surface area contributed by atoms with Crippen molar-refractivity contribution in [1.29, 1.82) is 0 Å². The highest BCUT2D eigenvalue weighted by Gasteiger charge is 2.19. The third kappa shape index (κ3) is 3.22. The first-order valence-corrected chi connectivity index (χ1v) is 8.64. The van der Waals surface area contributed by atoms with Crippen LogP contribution in [0.2, 0.25) is 0 Å². The minimum atomic E-state index is 0.304. The summed E-state index contributed by atoms with van der Waals surface area (Å²) in [6, 6.07) is 11.3. The summed E-state index contributed by atoms with van der Waals surface area (Å²) in [5.74, 6) is 0. The fourth-order valence-electron chi connectivity index (χ4n) is 2.43. The zero-order valence-electron chi connectivity index (χ0n) is 12.0. The van der Waals surface area contributed by atoms with Gasteiger partial charge in [-0.15, -0.1) is 23.1 Å². The van der Waals surface area contributed by atoms with Gasteiger partial charge in [0, 0.05) is 14.6 Å². The highest BCUT2D eigenvalue weighted by molar-refractivity contribution is 7.98. The molecule has 1 N–H and O–H groups in total. The molecule has 1 heterocycles. The second-order valence-electron chi connectivity index (χ2n) is 4.60. The average molecular weight is 291 g/mol. The normalized spacial score (nSPS) is 12.6. The highest BCUT2D eigenvalue weighted by Crippen LogP contribution is 2.34. The molecule has 3 heteroatoms. The van der Waals surface area contributed by atoms with Crippen molar-refractivity contribution in [2.45, 2.75) is 31.7 Å². The number of thioether (sulfide) groups is 1. The fourth-order valence-corrected chi connectivity index (χ4v) is 4.03. The van der Waals surface area contributed by atoms with Crippen molar-refractivity contribution in [2.24, 2.45) is 0 Å². The summed E-state index contributed by atoms with van der Waals surface area (Å²) in [5.41, 5.74) is 2.81. The lowest BCUT2D eigenvalue weighted by molar-refractivity contribution is 0.621. The average Bonchev–Trinajstić information content (AvgIpc) is 2.75. The lowest BCUT2D eigenvalue weighted by Crippen LogP contribution is -2.22. The lowest BCUT2D eigenvalue weighted by atomic mass is 9.99. The monoisotopic (exact) mass is 291 g/mol. The van der Waals surface area contributed by atoms with Gasteiger partial charge < -0.3 is 5.32 Å². The Morgan fingerprint density at radius 2 is 1.95 bits per heavy atom. The first kappa shape index (κ1) is 14.6. The smallest absolute Gasteiger partial charge is 0.0598 e. The summed E-state index contributed by atoms with van der Waals surface area (Å²) >= 11 is 3.71. The van der Waals surface area contributed by atoms with E-state index >= 15 is 0 Å². The highest BCUT2D eigenvalue weighted by atomic mass is 32.2. The molecule has 1 nitrogen and oxygen atoms in total. The van der Waals surface area contributed by atoms with E-state index in [0.29, 0.717) is 6.04 Å². The van der Waals surface area contributed by atoms with Crippen LogP contribution in [0.3, 0.4) is 0 Å². The van der Waals surface area contributed by atoms with Crippen LogP contribution in [0.4, 0.5) is 0 Å². The van der Waals surface area contributed by atoms with Gasteiger partial charge in [-0.3, -0.25) is 0 Å². The summed E-state index contributed by atoms with van der Waals surface area (Å²) in [4.78, 5) is 4.16. The topological polar surface area (TPSA) is 12.0 Å². The van der Waals surface area contributed by atoms with Crippen LogP contribution >= 0.6 is 23.1 Å². The van der Waals surface area contributed by atoms with Crippen molar-refractivity contribution >= 4 is 23.1 Å². The molecular weight excluding hydrogens is 270 g/mol. The van der Waals surface area contributed by atoms with Crippen molar-refractivity contribution in [1.82, 2.24) is 5.32 Å². The zero-order chi connectivity index (χ0) is 13.8. The molecule has 0 bridgehead atoms. The molecule has 0 amide bonds. The molecule has 0 saturated carbocycles. The fraction of sp³-hybridized carbons (Fsp3) is 0.375. The summed E-state index contributed by atoms with van der Waals surface area (Å²) in [7, 11) is 0. The van der Waals surface area contributed by atoms with Crippen LogP contribution in [0.15, 0.2) is 35.2 Å². The maximum atomic E-state index is 3.64. The molecule has 1 aromatic heterocycles. The third-order valence-electron chi connectivity index (χ3n) is 3.25. The Morgan fingerprint density at radius 3 is 2.53 bits per heavy atom. The lowest BCUT2D eigenvalue weighted by Gasteiger charge is -2.21. The predicted octanol–water partition coefficient (Wildman–Crippen LogP) is 4.79. The Balaban J connectivity index is 2.48. The number of nitrogens with one attached hydrogen (secondary N) is 1. The maximum Gasteiger partial charge on any atom is 0.0598 e. The van der Waals surface area contributed by atoms with Crippen molar-refractivity contribution in [3.63, 3.8) is 0 Å². The molecule has 1 unspecified atom stereocenters. The second kappa shape index (κ2) is 6.60. The van der Waals surface area contributed by atoms with Crippen molar-refractivity contribution in [2.75, 3.05) is 12.8 Å². The van der Waals surface area contributed by atoms with Crippen LogP contribution in [0.5, 0.6) is 0 Å². The minimum absolute atomic E-state index is 0.304. The van der Waals surface area contributed by atoms with Gasteiger partial charge in [0.25, 0.3) is 0 Å². The van der Waals surface area contributed by atoms with Gasteiger partial charge in [0.15, 0.2) is 0 Å². The molecule has 102 valence electrons. The van der Waals surface area contributed by atoms with E-state index in [1.165, 1.54) is 25.8 Å². The third-order valence-corrected chi connectivity index (χ3v) is 5.04. The molecule has 0 aliphatic carbocycles. The molecule has 0 aliphatic heterocycles. The number of hydrogen-bond donors (Lipinski definition) is 1. The van der Waals surface area contributed by atoms with Crippen molar-refractivity contribution in [3.05, 3.63) is 51.2 Å². The quantitative estimate of drug-likeness (QED) is 0.795. The van der Waals surface area contributed by atoms with Crippen LogP contribution in [0.1, 0.15) is 33.8 Å². The minimum Gasteiger partial charge on any atom is -0.306 e. The van der Waals surface area contributed by atoms with Crippen LogP contribution in [0, 0.1) is 13.8 Å². The molecule has 0 spiro atoms. The largest absolute Gasteiger partial charge is 0.306 e. The number of hydrogen-bond acceptors (Lipinski definition) is 3. The van der Waals surface area contributed by atoms with E-state index in [2.05, 4.69) is 62.7 Å². The molecule has 1 aromatic carbocycles. The summed E-state index contributed by atoms with van der Waals surface area (Å²) in [6.45, 7) is 7.55. The molecule has 1 atom stereocenters. The Bertz CT molecular complexity index is 545. The van der Waals surface area contributed by atoms with E-state index in [-0.39, 0.29) is 0 Å². The van der Waals surface area contributed by atoms with Gasteiger partial charge in [-0.25, -0.2) is 0 Å². The van der Waals surface area contributed by atoms with Crippen molar-refractivity contribution < 1.29 is 0 Å². The summed E-state index contributed by atoms with van der Waals surface area (Å²) in [5, 5.41) is 3.64. The first-order valence-electron chi connectivity index (χ1n) is 6.60. The predicted molar refractivity (Wildman–Crippen MR) is 87.5 cm³/mol. The maximum absolute atomic E-state index is 3.64. The van der Waals surface area contributed by atoms with Crippen LogP contribution < -0.4 is 5.32 Å². The van der Waals surface area contributed by atoms with E-state index < -0.39 is 0 Å². The molecule has 0 radical (unpaired) electrons. The number of rotatable bonds is 5. The Labute approximate surface area is 124 Å². The van der Waals surface area contributed by atoms with Crippen LogP contribution in [-0.4, -0.2) is 12.8 Å². The van der Waals surface area contributed by atoms with Crippen molar-refractivity contribution in [3.8, 4) is 0 Å². The van der Waals surface area contributed by atoms with Crippen LogP contribution in [-0.2, 0) is 0 Å². The van der Waals surface area contributed by atoms with E-state index in [9.17, 15) is 0 Å². The van der Waals surface area contributed by atoms with Gasteiger partial charge >= 0.3 is 0 Å². The Morgan fingerprint density at radius 1 is 1.21 bits per heavy atom. The van der Waals surface area contributed by atoms with Gasteiger partial charge in [-0.1, -0.05) is 25.1 Å². The molecule has 19 heavy (non-hydrogen) atoms. The number of benzene rings is 1. The van der Waals surface area contributed by atoms with Gasteiger partial charge in [-0.2, -0.15) is 0 Å². The SMILES string of the molecule is CCNC(c1ccccc1SC)c1cc(C)sc1C. The summed E-state index contributed by atoms with van der Waals surface area (Å²) < 4.78 is 0. The summed E-state index contributed by atoms with van der Waals surface area (Å²) in [6.07, 6.45) is 2.15. The number of thiophene rings is 1. The molecule has 0 fully saturated rings. The van der Waals surface area contributed by atoms with Gasteiger partial charge in [0.1, 0.15) is 0 Å². The van der Waals surface area contributed by atoms with E-state index in [0.717, 1.165) is 6.54 Å². The Hall–Kier alpha value is -0.770. The van der Waals surface area contributed by atoms with E-state index in [4.69, 9.17) is 0 Å². The standard InChI is InChI=1S/C16H21NS2/c1-5-17-16(14-10-11(2)19-12(14)3)13-8-6-7-9-15(13)18-4/h6-10,16-17H,5H2,1-4H3. The number of aryl methyl sites for hydroxylation is 2. The molecule has 0 aliphatic rings. The van der Waals surface area contributed by atoms with Gasteiger partial charge in [0.2, 0.25) is 0 Å². The van der Waals surface area contributed by atoms with Gasteiger partial charge in [0.05, 0.1) is 6.04 Å². The van der Waals surface area contributed by atoms with E-state index in [1.54, 1.807) is 0 Å². The first-order chi connectivity index (χ1) is 9.17. The van der Waals surface area contributed by atoms with Gasteiger partial charge in [-0.05, 0) is 49.9 Å². The van der Waals surface area contributed by atoms with Crippen LogP contribution in [0.25, 0.3) is 0 Å². The molecular formula is C16H21NS2.